The van der Waals surface area contributed by atoms with Gasteiger partial charge >= 0.3 is 6.09 Å². The van der Waals surface area contributed by atoms with Crippen molar-refractivity contribution in [3.05, 3.63) is 70.4 Å². The number of hydrogen-bond acceptors (Lipinski definition) is 7. The fraction of sp³-hybridized carbons (Fsp3) is 0.379. The highest BCUT2D eigenvalue weighted by Crippen LogP contribution is 2.25. The summed E-state index contributed by atoms with van der Waals surface area (Å²) in [5, 5.41) is 5.04. The third-order valence-corrected chi connectivity index (χ3v) is 6.21. The van der Waals surface area contributed by atoms with E-state index >= 15 is 0 Å². The maximum atomic E-state index is 13.2. The van der Waals surface area contributed by atoms with Crippen molar-refractivity contribution in [3.8, 4) is 0 Å². The van der Waals surface area contributed by atoms with Gasteiger partial charge in [-0.2, -0.15) is 0 Å². The number of fused-ring (bicyclic) bond motifs is 1. The number of carbonyl (C=O) groups excluding carboxylic acids is 4. The molecule has 3 aromatic rings. The molecule has 0 fully saturated rings. The maximum absolute atomic E-state index is 13.2. The topological polar surface area (TPSA) is 155 Å². The molecule has 0 radical (unpaired) electrons. The van der Waals surface area contributed by atoms with Gasteiger partial charge in [-0.25, -0.2) is 9.78 Å². The molecule has 218 valence electrons. The first-order valence-electron chi connectivity index (χ1n) is 13.1. The van der Waals surface area contributed by atoms with Gasteiger partial charge in [0.25, 0.3) is 5.56 Å². The Morgan fingerprint density at radius 1 is 1.15 bits per heavy atom. The highest BCUT2D eigenvalue weighted by atomic mass is 16.5. The van der Waals surface area contributed by atoms with Gasteiger partial charge < -0.3 is 29.8 Å². The van der Waals surface area contributed by atoms with Crippen molar-refractivity contribution in [1.29, 1.82) is 0 Å². The summed E-state index contributed by atoms with van der Waals surface area (Å²) in [5.41, 5.74) is 0.660. The molecule has 12 nitrogen and oxygen atoms in total. The molecule has 41 heavy (non-hydrogen) atoms. The second-order valence-corrected chi connectivity index (χ2v) is 10.7. The Kier molecular flexibility index (Phi) is 9.82. The number of pyridine rings is 1. The number of carbonyl (C=O) groups is 4. The Morgan fingerprint density at radius 2 is 1.88 bits per heavy atom. The van der Waals surface area contributed by atoms with E-state index in [1.165, 1.54) is 28.7 Å². The van der Waals surface area contributed by atoms with Crippen molar-refractivity contribution in [2.75, 3.05) is 26.5 Å². The quantitative estimate of drug-likeness (QED) is 0.252. The van der Waals surface area contributed by atoms with Crippen molar-refractivity contribution in [3.63, 3.8) is 0 Å². The number of allylic oxidation sites excluding steroid dienone is 1. The van der Waals surface area contributed by atoms with Crippen molar-refractivity contribution in [1.82, 2.24) is 24.8 Å². The minimum absolute atomic E-state index is 0.00667. The van der Waals surface area contributed by atoms with E-state index in [-0.39, 0.29) is 30.3 Å². The molecular weight excluding hydrogens is 528 g/mol. The zero-order valence-electron chi connectivity index (χ0n) is 24.1. The van der Waals surface area contributed by atoms with Crippen LogP contribution in [0.1, 0.15) is 49.8 Å². The van der Waals surface area contributed by atoms with Gasteiger partial charge in [-0.3, -0.25) is 19.2 Å². The zero-order chi connectivity index (χ0) is 30.3. The average Bonchev–Trinajstić information content (AvgIpc) is 3.33. The molecule has 2 aromatic heterocycles. The van der Waals surface area contributed by atoms with Crippen LogP contribution < -0.4 is 16.2 Å². The number of nitrogens with one attached hydrogen (secondary N) is 3. The number of likely N-dealkylation sites (N-methyl/N-ethyl adjacent to an activating group) is 1. The standard InChI is InChI=1S/C29H36N6O6/c1-29(2,3)25(37)18-11-9-13-19-24(18)33-22(30-19)17-35-16-10-14-21(27(35)39)31-26(38)20(32-28(40)41-6)12-7-8-15-23(36)34(4)5/h8-11,13-16,20H,7,12,17H2,1-6H3,(H,30,33)(H,31,38)(H,32,40). The lowest BCUT2D eigenvalue weighted by atomic mass is 9.86. The number of ketones is 1. The molecule has 1 unspecified atom stereocenters. The minimum atomic E-state index is -1.02. The predicted octanol–water partition coefficient (Wildman–Crippen LogP) is 3.09. The van der Waals surface area contributed by atoms with E-state index in [0.717, 1.165) is 0 Å². The number of nitrogens with zero attached hydrogens (tertiary/aromatic N) is 3. The summed E-state index contributed by atoms with van der Waals surface area (Å²) < 4.78 is 6.00. The summed E-state index contributed by atoms with van der Waals surface area (Å²) in [6, 6.07) is 7.34. The summed E-state index contributed by atoms with van der Waals surface area (Å²) in [6.45, 7) is 5.60. The van der Waals surface area contributed by atoms with Gasteiger partial charge in [0.2, 0.25) is 11.8 Å². The monoisotopic (exact) mass is 564 g/mol. The van der Waals surface area contributed by atoms with Crippen LogP contribution in [0.2, 0.25) is 0 Å². The largest absolute Gasteiger partial charge is 0.453 e. The number of ether oxygens (including phenoxy) is 1. The number of para-hydroxylation sites is 1. The molecule has 0 aliphatic heterocycles. The Morgan fingerprint density at radius 3 is 2.54 bits per heavy atom. The molecule has 2 heterocycles. The van der Waals surface area contributed by atoms with Crippen molar-refractivity contribution >= 4 is 40.4 Å². The van der Waals surface area contributed by atoms with Gasteiger partial charge in [0.1, 0.15) is 17.6 Å². The van der Waals surface area contributed by atoms with Crippen molar-refractivity contribution in [2.45, 2.75) is 46.2 Å². The number of aromatic nitrogens is 3. The summed E-state index contributed by atoms with van der Waals surface area (Å²) in [4.78, 5) is 71.9. The minimum Gasteiger partial charge on any atom is -0.453 e. The van der Waals surface area contributed by atoms with Gasteiger partial charge in [0.15, 0.2) is 5.78 Å². The maximum Gasteiger partial charge on any atom is 0.407 e. The van der Waals surface area contributed by atoms with E-state index in [9.17, 15) is 24.0 Å². The molecule has 0 bridgehead atoms. The number of hydrogen-bond donors (Lipinski definition) is 3. The van der Waals surface area contributed by atoms with Crippen LogP contribution in [0.25, 0.3) is 11.0 Å². The van der Waals surface area contributed by atoms with E-state index in [1.54, 1.807) is 50.6 Å². The second-order valence-electron chi connectivity index (χ2n) is 10.7. The smallest absolute Gasteiger partial charge is 0.407 e. The van der Waals surface area contributed by atoms with E-state index in [1.807, 2.05) is 20.8 Å². The van der Waals surface area contributed by atoms with Crippen LogP contribution in [0.3, 0.4) is 0 Å². The Labute approximate surface area is 237 Å². The Bertz CT molecular complexity index is 1530. The van der Waals surface area contributed by atoms with Gasteiger partial charge in [-0.15, -0.1) is 0 Å². The summed E-state index contributed by atoms with van der Waals surface area (Å²) in [5.74, 6) is -0.399. The Balaban J connectivity index is 1.79. The first-order chi connectivity index (χ1) is 19.3. The number of alkyl carbamates (subject to hydrolysis) is 1. The van der Waals surface area contributed by atoms with Crippen LogP contribution in [-0.4, -0.2) is 70.4 Å². The predicted molar refractivity (Wildman–Crippen MR) is 155 cm³/mol. The lowest BCUT2D eigenvalue weighted by molar-refractivity contribution is -0.123. The lowest BCUT2D eigenvalue weighted by Crippen LogP contribution is -2.44. The van der Waals surface area contributed by atoms with E-state index in [0.29, 0.717) is 28.8 Å². The number of anilines is 1. The van der Waals surface area contributed by atoms with Gasteiger partial charge in [-0.1, -0.05) is 32.9 Å². The van der Waals surface area contributed by atoms with Crippen LogP contribution in [0, 0.1) is 5.41 Å². The molecule has 3 amide bonds. The van der Waals surface area contributed by atoms with Crippen LogP contribution in [0.5, 0.6) is 0 Å². The molecule has 1 atom stereocenters. The molecule has 0 saturated heterocycles. The molecule has 1 aromatic carbocycles. The summed E-state index contributed by atoms with van der Waals surface area (Å²) in [7, 11) is 4.41. The number of H-pyrrole nitrogens is 1. The molecule has 0 spiro atoms. The number of Topliss-reactive ketones (excluding diaryl/α,β-unsaturated/α-hetero) is 1. The first kappa shape index (κ1) is 30.8. The number of benzene rings is 1. The van der Waals surface area contributed by atoms with Crippen molar-refractivity contribution < 1.29 is 23.9 Å². The van der Waals surface area contributed by atoms with Crippen LogP contribution in [0.4, 0.5) is 10.5 Å². The van der Waals surface area contributed by atoms with E-state index in [4.69, 9.17) is 0 Å². The third-order valence-electron chi connectivity index (χ3n) is 6.21. The first-order valence-corrected chi connectivity index (χ1v) is 13.1. The van der Waals surface area contributed by atoms with E-state index < -0.39 is 29.0 Å². The average molecular weight is 565 g/mol. The summed E-state index contributed by atoms with van der Waals surface area (Å²) in [6.07, 6.45) is 4.20. The fourth-order valence-corrected chi connectivity index (χ4v) is 3.95. The van der Waals surface area contributed by atoms with Gasteiger partial charge in [0, 0.05) is 31.3 Å². The van der Waals surface area contributed by atoms with Gasteiger partial charge in [0.05, 0.1) is 24.7 Å². The van der Waals surface area contributed by atoms with E-state index in [2.05, 4.69) is 25.3 Å². The SMILES string of the molecule is COC(=O)NC(CCC=CC(=O)N(C)C)C(=O)Nc1cccn(Cc2nc3cccc(C(=O)C(C)(C)C)c3[nH]2)c1=O. The van der Waals surface area contributed by atoms with Gasteiger partial charge in [-0.05, 0) is 43.2 Å². The number of methoxy groups -OCH3 is 1. The van der Waals surface area contributed by atoms with Crippen LogP contribution in [-0.2, 0) is 20.9 Å². The highest BCUT2D eigenvalue weighted by Gasteiger charge is 2.26. The molecular formula is C29H36N6O6. The zero-order valence-corrected chi connectivity index (χ0v) is 24.1. The fourth-order valence-electron chi connectivity index (χ4n) is 3.95. The normalized spacial score (nSPS) is 12.2. The molecule has 0 aliphatic carbocycles. The summed E-state index contributed by atoms with van der Waals surface area (Å²) >= 11 is 0. The molecule has 12 heteroatoms. The van der Waals surface area contributed by atoms with Crippen LogP contribution in [0.15, 0.2) is 53.5 Å². The van der Waals surface area contributed by atoms with Crippen LogP contribution >= 0.6 is 0 Å². The molecule has 3 N–H and O–H groups in total. The number of rotatable bonds is 10. The second kappa shape index (κ2) is 13.1. The molecule has 0 saturated carbocycles. The Hall–Kier alpha value is -4.74. The number of imidazole rings is 1. The third kappa shape index (κ3) is 7.90. The molecule has 3 rings (SSSR count). The highest BCUT2D eigenvalue weighted by molar-refractivity contribution is 6.08. The number of amides is 3. The number of aromatic amines is 1. The lowest BCUT2D eigenvalue weighted by Gasteiger charge is -2.17. The van der Waals surface area contributed by atoms with Crippen molar-refractivity contribution in [2.24, 2.45) is 5.41 Å². The molecule has 0 aliphatic rings.